The van der Waals surface area contributed by atoms with Gasteiger partial charge < -0.3 is 14.8 Å². The predicted octanol–water partition coefficient (Wildman–Crippen LogP) is 2.06. The van der Waals surface area contributed by atoms with Crippen LogP contribution < -0.4 is 20.2 Å². The third-order valence-electron chi connectivity index (χ3n) is 3.32. The smallest absolute Gasteiger partial charge is 0.259 e. The first-order valence-electron chi connectivity index (χ1n) is 7.37. The van der Waals surface area contributed by atoms with Gasteiger partial charge in [-0.25, -0.2) is 5.43 Å². The van der Waals surface area contributed by atoms with Crippen molar-refractivity contribution in [1.29, 1.82) is 0 Å². The minimum absolute atomic E-state index is 0.173. The third kappa shape index (κ3) is 4.57. The van der Waals surface area contributed by atoms with Crippen molar-refractivity contribution in [2.45, 2.75) is 0 Å². The van der Waals surface area contributed by atoms with Gasteiger partial charge in [0.15, 0.2) is 11.5 Å². The Morgan fingerprint density at radius 1 is 1.12 bits per heavy atom. The Balaban J connectivity index is 1.46. The highest BCUT2D eigenvalue weighted by molar-refractivity contribution is 9.10. The Kier molecular flexibility index (Phi) is 5.30. The molecule has 2 aromatic rings. The van der Waals surface area contributed by atoms with Gasteiger partial charge in [0.1, 0.15) is 0 Å². The van der Waals surface area contributed by atoms with Crippen molar-refractivity contribution in [3.8, 4) is 11.5 Å². The van der Waals surface area contributed by atoms with Crippen molar-refractivity contribution in [2.24, 2.45) is 5.10 Å². The molecule has 0 saturated carbocycles. The van der Waals surface area contributed by atoms with Gasteiger partial charge in [-0.15, -0.1) is 0 Å². The summed E-state index contributed by atoms with van der Waals surface area (Å²) in [5, 5.41) is 6.38. The molecule has 1 aliphatic rings. The fourth-order valence-electron chi connectivity index (χ4n) is 2.08. The van der Waals surface area contributed by atoms with E-state index in [0.29, 0.717) is 17.1 Å². The van der Waals surface area contributed by atoms with Gasteiger partial charge >= 0.3 is 0 Å². The molecule has 25 heavy (non-hydrogen) atoms. The van der Waals surface area contributed by atoms with Crippen LogP contribution in [-0.4, -0.2) is 31.4 Å². The topological polar surface area (TPSA) is 89.0 Å². The largest absolute Gasteiger partial charge is 0.454 e. The second-order valence-electron chi connectivity index (χ2n) is 5.10. The van der Waals surface area contributed by atoms with Crippen LogP contribution in [0.4, 0.5) is 0 Å². The lowest BCUT2D eigenvalue weighted by atomic mass is 10.2. The highest BCUT2D eigenvalue weighted by Crippen LogP contribution is 2.31. The van der Waals surface area contributed by atoms with Crippen molar-refractivity contribution >= 4 is 34.0 Å². The van der Waals surface area contributed by atoms with Crippen LogP contribution in [0.25, 0.3) is 0 Å². The van der Waals surface area contributed by atoms with Crippen molar-refractivity contribution < 1.29 is 19.1 Å². The number of halogens is 1. The molecular formula is C17H14BrN3O4. The summed E-state index contributed by atoms with van der Waals surface area (Å²) in [4.78, 5) is 23.6. The van der Waals surface area contributed by atoms with Gasteiger partial charge in [0.05, 0.1) is 12.8 Å². The summed E-state index contributed by atoms with van der Waals surface area (Å²) in [6.07, 6.45) is 1.48. The second-order valence-corrected chi connectivity index (χ2v) is 6.01. The first-order valence-corrected chi connectivity index (χ1v) is 8.16. The average Bonchev–Trinajstić information content (AvgIpc) is 3.08. The zero-order chi connectivity index (χ0) is 17.6. The molecule has 3 rings (SSSR count). The lowest BCUT2D eigenvalue weighted by Crippen LogP contribution is -2.34. The third-order valence-corrected chi connectivity index (χ3v) is 3.84. The Bertz CT molecular complexity index is 821. The molecule has 0 saturated heterocycles. The number of rotatable bonds is 5. The van der Waals surface area contributed by atoms with Crippen LogP contribution >= 0.6 is 15.9 Å². The number of carbonyl (C=O) groups excluding carboxylic acids is 2. The molecule has 2 aromatic carbocycles. The van der Waals surface area contributed by atoms with E-state index in [-0.39, 0.29) is 19.2 Å². The minimum atomic E-state index is -0.428. The molecule has 0 aliphatic carbocycles. The SMILES string of the molecule is O=C(CNC(=O)c1ccc(Br)cc1)N/N=C\c1ccc2c(c1)OCO2. The summed E-state index contributed by atoms with van der Waals surface area (Å²) in [5.41, 5.74) is 3.58. The minimum Gasteiger partial charge on any atom is -0.454 e. The van der Waals surface area contributed by atoms with Crippen LogP contribution in [0.2, 0.25) is 0 Å². The molecule has 0 unspecified atom stereocenters. The number of hydrogen-bond acceptors (Lipinski definition) is 5. The number of hydrogen-bond donors (Lipinski definition) is 2. The molecule has 0 radical (unpaired) electrons. The molecule has 7 nitrogen and oxygen atoms in total. The monoisotopic (exact) mass is 403 g/mol. The van der Waals surface area contributed by atoms with Crippen molar-refractivity contribution in [1.82, 2.24) is 10.7 Å². The molecular weight excluding hydrogens is 390 g/mol. The lowest BCUT2D eigenvalue weighted by Gasteiger charge is -2.04. The molecule has 0 spiro atoms. The van der Waals surface area contributed by atoms with Crippen molar-refractivity contribution in [2.75, 3.05) is 13.3 Å². The standard InChI is InChI=1S/C17H14BrN3O4/c18-13-4-2-12(3-5-13)17(23)19-9-16(22)21-20-8-11-1-6-14-15(7-11)25-10-24-14/h1-8H,9-10H2,(H,19,23)(H,21,22)/b20-8-. The first-order chi connectivity index (χ1) is 12.1. The number of nitrogens with zero attached hydrogens (tertiary/aromatic N) is 1. The summed E-state index contributed by atoms with van der Waals surface area (Å²) in [5.74, 6) is 0.554. The van der Waals surface area contributed by atoms with E-state index in [1.54, 1.807) is 42.5 Å². The molecule has 8 heteroatoms. The Morgan fingerprint density at radius 2 is 1.88 bits per heavy atom. The van der Waals surface area contributed by atoms with E-state index < -0.39 is 5.91 Å². The fraction of sp³-hybridized carbons (Fsp3) is 0.118. The number of benzene rings is 2. The van der Waals surface area contributed by atoms with Crippen LogP contribution in [-0.2, 0) is 4.79 Å². The zero-order valence-corrected chi connectivity index (χ0v) is 14.6. The average molecular weight is 404 g/mol. The van der Waals surface area contributed by atoms with E-state index in [0.717, 1.165) is 10.0 Å². The number of fused-ring (bicyclic) bond motifs is 1. The molecule has 1 aliphatic heterocycles. The second kappa shape index (κ2) is 7.80. The number of carbonyl (C=O) groups is 2. The van der Waals surface area contributed by atoms with Gasteiger partial charge in [-0.3, -0.25) is 9.59 Å². The summed E-state index contributed by atoms with van der Waals surface area (Å²) in [7, 11) is 0. The molecule has 0 atom stereocenters. The first kappa shape index (κ1) is 17.0. The highest BCUT2D eigenvalue weighted by Gasteiger charge is 2.12. The predicted molar refractivity (Wildman–Crippen MR) is 94.8 cm³/mol. The summed E-state index contributed by atoms with van der Waals surface area (Å²) < 4.78 is 11.3. The van der Waals surface area contributed by atoms with Gasteiger partial charge in [-0.2, -0.15) is 5.10 Å². The highest BCUT2D eigenvalue weighted by atomic mass is 79.9. The number of ether oxygens (including phenoxy) is 2. The maximum absolute atomic E-state index is 11.9. The van der Waals surface area contributed by atoms with Crippen LogP contribution in [0.15, 0.2) is 52.0 Å². The van der Waals surface area contributed by atoms with Crippen LogP contribution in [0.1, 0.15) is 15.9 Å². The quantitative estimate of drug-likeness (QED) is 0.590. The van der Waals surface area contributed by atoms with E-state index >= 15 is 0 Å². The number of amides is 2. The number of hydrazone groups is 1. The van der Waals surface area contributed by atoms with Crippen molar-refractivity contribution in [3.63, 3.8) is 0 Å². The van der Waals surface area contributed by atoms with Gasteiger partial charge in [-0.05, 0) is 48.0 Å². The molecule has 2 N–H and O–H groups in total. The molecule has 0 fully saturated rings. The molecule has 128 valence electrons. The molecule has 0 bridgehead atoms. The van der Waals surface area contributed by atoms with E-state index in [1.807, 2.05) is 0 Å². The van der Waals surface area contributed by atoms with Gasteiger partial charge in [0.25, 0.3) is 11.8 Å². The molecule has 2 amide bonds. The molecule has 0 aromatic heterocycles. The van der Waals surface area contributed by atoms with Crippen LogP contribution in [0.3, 0.4) is 0 Å². The Labute approximate surface area is 152 Å². The normalized spacial score (nSPS) is 12.2. The summed E-state index contributed by atoms with van der Waals surface area (Å²) in [6.45, 7) is 0.0259. The maximum atomic E-state index is 11.9. The summed E-state index contributed by atoms with van der Waals surface area (Å²) in [6, 6.07) is 12.1. The van der Waals surface area contributed by atoms with Crippen LogP contribution in [0, 0.1) is 0 Å². The van der Waals surface area contributed by atoms with Gasteiger partial charge in [0, 0.05) is 10.0 Å². The van der Waals surface area contributed by atoms with Crippen molar-refractivity contribution in [3.05, 3.63) is 58.1 Å². The lowest BCUT2D eigenvalue weighted by molar-refractivity contribution is -0.120. The summed E-state index contributed by atoms with van der Waals surface area (Å²) >= 11 is 3.29. The fourth-order valence-corrected chi connectivity index (χ4v) is 2.34. The number of nitrogens with one attached hydrogen (secondary N) is 2. The van der Waals surface area contributed by atoms with E-state index in [9.17, 15) is 9.59 Å². The maximum Gasteiger partial charge on any atom is 0.259 e. The Morgan fingerprint density at radius 3 is 2.68 bits per heavy atom. The van der Waals surface area contributed by atoms with E-state index in [2.05, 4.69) is 31.8 Å². The van der Waals surface area contributed by atoms with Gasteiger partial charge in [-0.1, -0.05) is 15.9 Å². The zero-order valence-electron chi connectivity index (χ0n) is 13.0. The van der Waals surface area contributed by atoms with Crippen LogP contribution in [0.5, 0.6) is 11.5 Å². The Hall–Kier alpha value is -2.87. The van der Waals surface area contributed by atoms with E-state index in [4.69, 9.17) is 9.47 Å². The van der Waals surface area contributed by atoms with Gasteiger partial charge in [0.2, 0.25) is 6.79 Å². The molecule has 1 heterocycles. The van der Waals surface area contributed by atoms with E-state index in [1.165, 1.54) is 6.21 Å².